The van der Waals surface area contributed by atoms with Crippen molar-refractivity contribution < 1.29 is 19.0 Å². The van der Waals surface area contributed by atoms with Gasteiger partial charge in [-0.1, -0.05) is 23.7 Å². The van der Waals surface area contributed by atoms with E-state index >= 15 is 0 Å². The van der Waals surface area contributed by atoms with Crippen LogP contribution >= 0.6 is 11.6 Å². The minimum Gasteiger partial charge on any atom is -0.491 e. The van der Waals surface area contributed by atoms with Gasteiger partial charge in [0.2, 0.25) is 0 Å². The molecule has 0 saturated carbocycles. The number of fused-ring (bicyclic) bond motifs is 1. The van der Waals surface area contributed by atoms with Crippen molar-refractivity contribution in [3.8, 4) is 29.0 Å². The Morgan fingerprint density at radius 3 is 2.64 bits per heavy atom. The quantitative estimate of drug-likeness (QED) is 0.387. The Hall–Kier alpha value is -4.73. The highest BCUT2D eigenvalue weighted by molar-refractivity contribution is 6.31. The molecule has 0 saturated heterocycles. The van der Waals surface area contributed by atoms with Gasteiger partial charge in [0, 0.05) is 10.6 Å². The molecule has 0 amide bonds. The number of carboxylic acids is 1. The molecule has 0 atom stereocenters. The lowest BCUT2D eigenvalue weighted by Gasteiger charge is -2.15. The molecule has 4 rings (SSSR count). The molecular weight excluding hydrogens is 487 g/mol. The van der Waals surface area contributed by atoms with Crippen molar-refractivity contribution in [3.63, 3.8) is 0 Å². The molecule has 0 aliphatic heterocycles. The Labute approximate surface area is 209 Å². The summed E-state index contributed by atoms with van der Waals surface area (Å²) in [6, 6.07) is 17.5. The summed E-state index contributed by atoms with van der Waals surface area (Å²) >= 11 is 6.15. The molecule has 4 aromatic rings. The van der Waals surface area contributed by atoms with Gasteiger partial charge in [-0.15, -0.1) is 0 Å². The zero-order valence-corrected chi connectivity index (χ0v) is 19.3. The average Bonchev–Trinajstić information content (AvgIpc) is 2.89. The van der Waals surface area contributed by atoms with Crippen LogP contribution in [-0.4, -0.2) is 27.2 Å². The van der Waals surface area contributed by atoms with Crippen molar-refractivity contribution >= 4 is 28.5 Å². The third-order valence-electron chi connectivity index (χ3n) is 5.44. The molecule has 1 N–H and O–H groups in total. The fourth-order valence-electron chi connectivity index (χ4n) is 3.80. The molecule has 0 fully saturated rings. The molecule has 0 unspecified atom stereocenters. The van der Waals surface area contributed by atoms with E-state index in [-0.39, 0.29) is 46.6 Å². The van der Waals surface area contributed by atoms with Crippen molar-refractivity contribution in [2.75, 3.05) is 6.61 Å². The Bertz CT molecular complexity index is 1650. The number of nitrogens with zero attached hydrogens (tertiary/aromatic N) is 4. The maximum atomic E-state index is 13.8. The standard InChI is InChI=1S/C26H16ClFN4O4/c27-19-4-5-22(20(11-19)16-2-1-3-17(10-16)26(34)35)36-7-6-32-23(12-28)31-21-9-15(13-29)8-18(14-30)24(21)25(32)33/h1-5,8-11H,6-7,12H2,(H,34,35). The Morgan fingerprint density at radius 2 is 1.94 bits per heavy atom. The fourth-order valence-corrected chi connectivity index (χ4v) is 3.97. The molecule has 1 aromatic heterocycles. The number of benzene rings is 3. The van der Waals surface area contributed by atoms with E-state index in [2.05, 4.69) is 4.98 Å². The molecule has 1 heterocycles. The summed E-state index contributed by atoms with van der Waals surface area (Å²) in [7, 11) is 0. The lowest BCUT2D eigenvalue weighted by atomic mass is 10.0. The molecule has 0 spiro atoms. The Kier molecular flexibility index (Phi) is 6.95. The van der Waals surface area contributed by atoms with Crippen LogP contribution in [0.15, 0.2) is 59.4 Å². The van der Waals surface area contributed by atoms with Crippen molar-refractivity contribution in [1.29, 1.82) is 10.5 Å². The number of aromatic carboxylic acids is 1. The molecule has 0 bridgehead atoms. The lowest BCUT2D eigenvalue weighted by molar-refractivity contribution is 0.0697. The van der Waals surface area contributed by atoms with Crippen molar-refractivity contribution in [1.82, 2.24) is 9.55 Å². The average molecular weight is 503 g/mol. The summed E-state index contributed by atoms with van der Waals surface area (Å²) in [5, 5.41) is 28.3. The van der Waals surface area contributed by atoms with Crippen molar-refractivity contribution in [2.45, 2.75) is 13.2 Å². The van der Waals surface area contributed by atoms with Crippen LogP contribution in [0, 0.1) is 22.7 Å². The van der Waals surface area contributed by atoms with Crippen LogP contribution in [0.2, 0.25) is 5.02 Å². The summed E-state index contributed by atoms with van der Waals surface area (Å²) in [6.07, 6.45) is 0. The van der Waals surface area contributed by atoms with Gasteiger partial charge in [-0.05, 0) is 48.0 Å². The first-order chi connectivity index (χ1) is 17.4. The smallest absolute Gasteiger partial charge is 0.335 e. The molecule has 0 radical (unpaired) electrons. The van der Waals surface area contributed by atoms with Crippen LogP contribution in [0.4, 0.5) is 4.39 Å². The molecule has 10 heteroatoms. The number of ether oxygens (including phenoxy) is 1. The number of carboxylic acid groups (broad SMARTS) is 1. The van der Waals surface area contributed by atoms with Gasteiger partial charge in [0.15, 0.2) is 0 Å². The van der Waals surface area contributed by atoms with Gasteiger partial charge in [-0.25, -0.2) is 14.2 Å². The molecule has 0 aliphatic rings. The Balaban J connectivity index is 1.68. The van der Waals surface area contributed by atoms with Crippen LogP contribution in [0.1, 0.15) is 27.3 Å². The summed E-state index contributed by atoms with van der Waals surface area (Å²) in [5.41, 5.74) is 0.748. The van der Waals surface area contributed by atoms with Gasteiger partial charge >= 0.3 is 5.97 Å². The lowest BCUT2D eigenvalue weighted by Crippen LogP contribution is -2.28. The van der Waals surface area contributed by atoms with Crippen LogP contribution in [0.3, 0.4) is 0 Å². The molecule has 0 aliphatic carbocycles. The van der Waals surface area contributed by atoms with Crippen molar-refractivity contribution in [2.24, 2.45) is 0 Å². The van der Waals surface area contributed by atoms with Crippen LogP contribution in [-0.2, 0) is 13.2 Å². The molecule has 3 aromatic carbocycles. The summed E-state index contributed by atoms with van der Waals surface area (Å²) in [5.74, 6) is -0.871. The highest BCUT2D eigenvalue weighted by Crippen LogP contribution is 2.33. The number of alkyl halides is 1. The van der Waals surface area contributed by atoms with Gasteiger partial charge in [0.1, 0.15) is 30.9 Å². The van der Waals surface area contributed by atoms with Crippen LogP contribution in [0.25, 0.3) is 22.0 Å². The maximum absolute atomic E-state index is 13.8. The molecule has 8 nitrogen and oxygen atoms in total. The predicted octanol–water partition coefficient (Wildman–Crippen LogP) is 4.71. The molecule has 178 valence electrons. The van der Waals surface area contributed by atoms with Gasteiger partial charge < -0.3 is 9.84 Å². The van der Waals surface area contributed by atoms with E-state index in [0.29, 0.717) is 21.9 Å². The van der Waals surface area contributed by atoms with E-state index in [1.54, 1.807) is 30.3 Å². The molecular formula is C26H16ClFN4O4. The summed E-state index contributed by atoms with van der Waals surface area (Å²) in [4.78, 5) is 28.7. The maximum Gasteiger partial charge on any atom is 0.335 e. The number of aromatic nitrogens is 2. The second-order valence-corrected chi connectivity index (χ2v) is 8.07. The third-order valence-corrected chi connectivity index (χ3v) is 5.68. The summed E-state index contributed by atoms with van der Waals surface area (Å²) in [6.45, 7) is -1.19. The summed E-state index contributed by atoms with van der Waals surface area (Å²) < 4.78 is 20.8. The van der Waals surface area contributed by atoms with E-state index in [0.717, 1.165) is 4.57 Å². The Morgan fingerprint density at radius 1 is 1.14 bits per heavy atom. The highest BCUT2D eigenvalue weighted by atomic mass is 35.5. The number of nitriles is 2. The fraction of sp³-hybridized carbons (Fsp3) is 0.115. The second-order valence-electron chi connectivity index (χ2n) is 7.63. The van der Waals surface area contributed by atoms with E-state index in [1.807, 2.05) is 12.1 Å². The topological polar surface area (TPSA) is 129 Å². The first kappa shape index (κ1) is 24.4. The minimum absolute atomic E-state index is 0.00799. The minimum atomic E-state index is -1.08. The van der Waals surface area contributed by atoms with Gasteiger partial charge in [-0.2, -0.15) is 10.5 Å². The molecule has 36 heavy (non-hydrogen) atoms. The van der Waals surface area contributed by atoms with Crippen LogP contribution in [0.5, 0.6) is 5.75 Å². The number of carbonyl (C=O) groups is 1. The van der Waals surface area contributed by atoms with E-state index in [9.17, 15) is 24.3 Å². The first-order valence-electron chi connectivity index (χ1n) is 10.6. The third kappa shape index (κ3) is 4.74. The van der Waals surface area contributed by atoms with Crippen molar-refractivity contribution in [3.05, 3.63) is 92.5 Å². The predicted molar refractivity (Wildman–Crippen MR) is 130 cm³/mol. The first-order valence-corrected chi connectivity index (χ1v) is 10.9. The number of rotatable bonds is 7. The van der Waals surface area contributed by atoms with E-state index < -0.39 is 18.2 Å². The monoisotopic (exact) mass is 502 g/mol. The normalized spacial score (nSPS) is 10.6. The highest BCUT2D eigenvalue weighted by Gasteiger charge is 2.16. The van der Waals surface area contributed by atoms with E-state index in [1.165, 1.54) is 24.3 Å². The zero-order chi connectivity index (χ0) is 25.8. The van der Waals surface area contributed by atoms with Crippen LogP contribution < -0.4 is 10.3 Å². The van der Waals surface area contributed by atoms with Gasteiger partial charge in [0.05, 0.1) is 40.2 Å². The van der Waals surface area contributed by atoms with E-state index in [4.69, 9.17) is 21.6 Å². The number of hydrogen-bond donors (Lipinski definition) is 1. The largest absolute Gasteiger partial charge is 0.491 e. The zero-order valence-electron chi connectivity index (χ0n) is 18.5. The second kappa shape index (κ2) is 10.3. The van der Waals surface area contributed by atoms with Gasteiger partial charge in [0.25, 0.3) is 5.56 Å². The number of hydrogen-bond acceptors (Lipinski definition) is 6. The van der Waals surface area contributed by atoms with Gasteiger partial charge in [-0.3, -0.25) is 9.36 Å². The number of halogens is 2. The SMILES string of the molecule is N#Cc1cc(C#N)c2c(=O)n(CCOc3ccc(Cl)cc3-c3cccc(C(=O)O)c3)c(CF)nc2c1.